The molecule has 0 aliphatic carbocycles. The van der Waals surface area contributed by atoms with Crippen LogP contribution in [0.3, 0.4) is 0 Å². The molecule has 3 atom stereocenters. The molecule has 2 bridgehead atoms. The second-order valence-corrected chi connectivity index (χ2v) is 3.97. The van der Waals surface area contributed by atoms with E-state index in [1.54, 1.807) is 0 Å². The first kappa shape index (κ1) is 8.91. The quantitative estimate of drug-likeness (QED) is 0.583. The third-order valence-corrected chi connectivity index (χ3v) is 3.07. The Kier molecular flexibility index (Phi) is 1.82. The van der Waals surface area contributed by atoms with Crippen LogP contribution in [0.1, 0.15) is 6.42 Å². The molecule has 80 valence electrons. The molecular formula is C10H11NO4. The van der Waals surface area contributed by atoms with Crippen LogP contribution < -0.4 is 0 Å². The molecule has 15 heavy (non-hydrogen) atoms. The molecule has 5 nitrogen and oxygen atoms in total. The van der Waals surface area contributed by atoms with E-state index in [0.717, 1.165) is 0 Å². The third-order valence-electron chi connectivity index (χ3n) is 3.07. The monoisotopic (exact) mass is 209 g/mol. The fourth-order valence-electron chi connectivity index (χ4n) is 2.31. The molecule has 2 saturated heterocycles. The Labute approximate surface area is 86.6 Å². The number of imide groups is 1. The van der Waals surface area contributed by atoms with Gasteiger partial charge >= 0.3 is 6.09 Å². The van der Waals surface area contributed by atoms with E-state index >= 15 is 0 Å². The number of nitrogens with zero attached hydrogens (tertiary/aromatic N) is 1. The van der Waals surface area contributed by atoms with E-state index in [1.807, 2.05) is 12.2 Å². The third kappa shape index (κ3) is 1.26. The van der Waals surface area contributed by atoms with Gasteiger partial charge < -0.3 is 9.47 Å². The molecule has 5 heteroatoms. The van der Waals surface area contributed by atoms with Crippen molar-refractivity contribution in [3.63, 3.8) is 0 Å². The second kappa shape index (κ2) is 3.06. The Morgan fingerprint density at radius 1 is 1.47 bits per heavy atom. The highest BCUT2D eigenvalue weighted by Gasteiger charge is 2.45. The fourth-order valence-corrected chi connectivity index (χ4v) is 2.31. The summed E-state index contributed by atoms with van der Waals surface area (Å²) in [5, 5.41) is 0. The summed E-state index contributed by atoms with van der Waals surface area (Å²) in [4.78, 5) is 24.3. The molecule has 3 heterocycles. The SMILES string of the molecule is O=C1OCCN1C(=O)[C@@H]1C[C@@H]2C=C[C@H]1O2. The maximum atomic E-state index is 12.0. The zero-order valence-electron chi connectivity index (χ0n) is 8.09. The molecule has 0 N–H and O–H groups in total. The normalized spacial score (nSPS) is 37.5. The molecular weight excluding hydrogens is 198 g/mol. The molecule has 0 unspecified atom stereocenters. The van der Waals surface area contributed by atoms with Gasteiger partial charge in [-0.05, 0) is 6.42 Å². The summed E-state index contributed by atoms with van der Waals surface area (Å²) >= 11 is 0. The molecule has 0 aromatic carbocycles. The summed E-state index contributed by atoms with van der Waals surface area (Å²) in [7, 11) is 0. The minimum Gasteiger partial charge on any atom is -0.447 e. The van der Waals surface area contributed by atoms with Gasteiger partial charge in [0, 0.05) is 0 Å². The van der Waals surface area contributed by atoms with Gasteiger partial charge in [-0.15, -0.1) is 0 Å². The number of hydrogen-bond donors (Lipinski definition) is 0. The van der Waals surface area contributed by atoms with Crippen LogP contribution in [0.2, 0.25) is 0 Å². The average molecular weight is 209 g/mol. The van der Waals surface area contributed by atoms with Crippen LogP contribution in [0.15, 0.2) is 12.2 Å². The van der Waals surface area contributed by atoms with Gasteiger partial charge in [0.2, 0.25) is 5.91 Å². The predicted molar refractivity (Wildman–Crippen MR) is 49.0 cm³/mol. The molecule has 0 spiro atoms. The Bertz CT molecular complexity index is 351. The number of amides is 2. The molecule has 0 aromatic rings. The van der Waals surface area contributed by atoms with E-state index in [-0.39, 0.29) is 24.0 Å². The van der Waals surface area contributed by atoms with E-state index in [1.165, 1.54) is 4.90 Å². The van der Waals surface area contributed by atoms with Crippen LogP contribution in [0.5, 0.6) is 0 Å². The zero-order chi connectivity index (χ0) is 10.4. The first-order valence-electron chi connectivity index (χ1n) is 5.07. The van der Waals surface area contributed by atoms with Crippen molar-refractivity contribution >= 4 is 12.0 Å². The lowest BCUT2D eigenvalue weighted by molar-refractivity contribution is -0.132. The van der Waals surface area contributed by atoms with Crippen molar-refractivity contribution in [2.24, 2.45) is 5.92 Å². The highest BCUT2D eigenvalue weighted by atomic mass is 16.6. The lowest BCUT2D eigenvalue weighted by Crippen LogP contribution is -2.39. The molecule has 3 aliphatic rings. The smallest absolute Gasteiger partial charge is 0.416 e. The standard InChI is InChI=1S/C10H11NO4/c12-9(11-3-4-14-10(11)13)7-5-6-1-2-8(7)15-6/h1-2,6-8H,3-5H2/t6-,7+,8+/m0/s1. The van der Waals surface area contributed by atoms with Crippen LogP contribution >= 0.6 is 0 Å². The van der Waals surface area contributed by atoms with Gasteiger partial charge in [-0.1, -0.05) is 12.2 Å². The van der Waals surface area contributed by atoms with Gasteiger partial charge in [0.15, 0.2) is 0 Å². The van der Waals surface area contributed by atoms with Gasteiger partial charge in [-0.25, -0.2) is 9.69 Å². The van der Waals surface area contributed by atoms with E-state index in [0.29, 0.717) is 19.6 Å². The zero-order valence-corrected chi connectivity index (χ0v) is 8.09. The van der Waals surface area contributed by atoms with Gasteiger partial charge in [0.25, 0.3) is 0 Å². The summed E-state index contributed by atoms with van der Waals surface area (Å²) in [6.45, 7) is 0.678. The molecule has 0 saturated carbocycles. The number of fused-ring (bicyclic) bond motifs is 2. The van der Waals surface area contributed by atoms with E-state index in [9.17, 15) is 9.59 Å². The highest BCUT2D eigenvalue weighted by Crippen LogP contribution is 2.35. The van der Waals surface area contributed by atoms with Crippen LogP contribution in [-0.4, -0.2) is 42.3 Å². The van der Waals surface area contributed by atoms with Crippen molar-refractivity contribution in [3.05, 3.63) is 12.2 Å². The van der Waals surface area contributed by atoms with Gasteiger partial charge in [0.05, 0.1) is 24.7 Å². The van der Waals surface area contributed by atoms with Gasteiger partial charge in [0.1, 0.15) is 6.61 Å². The summed E-state index contributed by atoms with van der Waals surface area (Å²) in [6, 6.07) is 0. The summed E-state index contributed by atoms with van der Waals surface area (Å²) in [6.07, 6.45) is 3.95. The predicted octanol–water partition coefficient (Wildman–Crippen LogP) is 0.309. The lowest BCUT2D eigenvalue weighted by Gasteiger charge is -2.19. The Morgan fingerprint density at radius 3 is 2.87 bits per heavy atom. The Balaban J connectivity index is 1.75. The van der Waals surface area contributed by atoms with E-state index in [4.69, 9.17) is 9.47 Å². The second-order valence-electron chi connectivity index (χ2n) is 3.97. The number of carbonyl (C=O) groups excluding carboxylic acids is 2. The number of rotatable bonds is 1. The highest BCUT2D eigenvalue weighted by molar-refractivity contribution is 5.94. The van der Waals surface area contributed by atoms with Crippen molar-refractivity contribution in [1.82, 2.24) is 4.90 Å². The summed E-state index contributed by atoms with van der Waals surface area (Å²) in [5.41, 5.74) is 0. The van der Waals surface area contributed by atoms with Crippen molar-refractivity contribution in [3.8, 4) is 0 Å². The fraction of sp³-hybridized carbons (Fsp3) is 0.600. The average Bonchev–Trinajstić information content (AvgIpc) is 2.91. The van der Waals surface area contributed by atoms with Crippen molar-refractivity contribution in [2.45, 2.75) is 18.6 Å². The molecule has 0 aromatic heterocycles. The van der Waals surface area contributed by atoms with Crippen molar-refractivity contribution in [2.75, 3.05) is 13.2 Å². The molecule has 0 radical (unpaired) electrons. The van der Waals surface area contributed by atoms with Crippen molar-refractivity contribution < 1.29 is 19.1 Å². The molecule has 3 aliphatic heterocycles. The summed E-state index contributed by atoms with van der Waals surface area (Å²) < 4.78 is 10.2. The lowest BCUT2D eigenvalue weighted by atomic mass is 9.93. The minimum atomic E-state index is -0.522. The van der Waals surface area contributed by atoms with Crippen LogP contribution in [0.25, 0.3) is 0 Å². The molecule has 3 rings (SSSR count). The van der Waals surface area contributed by atoms with Crippen LogP contribution in [-0.2, 0) is 14.3 Å². The van der Waals surface area contributed by atoms with E-state index in [2.05, 4.69) is 0 Å². The maximum Gasteiger partial charge on any atom is 0.416 e. The molecule has 2 fully saturated rings. The van der Waals surface area contributed by atoms with Gasteiger partial charge in [-0.3, -0.25) is 4.79 Å². The minimum absolute atomic E-state index is 0.0579. The first-order valence-corrected chi connectivity index (χ1v) is 5.07. The number of cyclic esters (lactones) is 1. The summed E-state index contributed by atoms with van der Waals surface area (Å²) in [5.74, 6) is -0.361. The maximum absolute atomic E-state index is 12.0. The Hall–Kier alpha value is -1.36. The topological polar surface area (TPSA) is 55.8 Å². The van der Waals surface area contributed by atoms with Crippen LogP contribution in [0.4, 0.5) is 4.79 Å². The molecule has 2 amide bonds. The van der Waals surface area contributed by atoms with Crippen LogP contribution in [0, 0.1) is 5.92 Å². The number of ether oxygens (including phenoxy) is 2. The number of hydrogen-bond acceptors (Lipinski definition) is 4. The first-order chi connectivity index (χ1) is 7.25. The van der Waals surface area contributed by atoms with E-state index < -0.39 is 6.09 Å². The van der Waals surface area contributed by atoms with Crippen molar-refractivity contribution in [1.29, 1.82) is 0 Å². The number of carbonyl (C=O) groups is 2. The largest absolute Gasteiger partial charge is 0.447 e. The van der Waals surface area contributed by atoms with Gasteiger partial charge in [-0.2, -0.15) is 0 Å². The Morgan fingerprint density at radius 2 is 2.33 bits per heavy atom.